The van der Waals surface area contributed by atoms with Crippen molar-refractivity contribution in [3.63, 3.8) is 0 Å². The molecule has 8 heterocycles. The summed E-state index contributed by atoms with van der Waals surface area (Å²) in [5.41, 5.74) is 7.07. The lowest BCUT2D eigenvalue weighted by atomic mass is 9.95. The molecule has 64 heavy (non-hydrogen) atoms. The fraction of sp³-hybridized carbons (Fsp3) is 0.619. The molecule has 4 aliphatic rings. The molecule has 6 atom stereocenters. The highest BCUT2D eigenvalue weighted by Gasteiger charge is 2.51. The van der Waals surface area contributed by atoms with Gasteiger partial charge < -0.3 is 14.3 Å². The Bertz CT molecular complexity index is 2900. The smallest absolute Gasteiger partial charge is 0.275 e. The van der Waals surface area contributed by atoms with Crippen LogP contribution in [0, 0.1) is 23.7 Å². The number of rotatable bonds is 13. The van der Waals surface area contributed by atoms with Crippen LogP contribution in [0.25, 0.3) is 33.6 Å². The van der Waals surface area contributed by atoms with Crippen molar-refractivity contribution in [1.82, 2.24) is 46.9 Å². The Morgan fingerprint density at radius 3 is 1.75 bits per heavy atom. The van der Waals surface area contributed by atoms with Gasteiger partial charge in [0.2, 0.25) is 20.0 Å². The number of nitrogens with zero attached hydrogens (tertiary/aromatic N) is 9. The quantitative estimate of drug-likeness (QED) is 0.0728. The number of H-pyrrole nitrogens is 1. The van der Waals surface area contributed by atoms with E-state index in [1.807, 2.05) is 41.5 Å². The number of ether oxygens (including phenoxy) is 1. The standard InChI is InChI=1S/C24H35F2N5O3SSi.C18H21F2N5O2S/c1-17-9-18(13-35(32,33)30-14-24(25,26)15-30)10-19(17)21-11-27-22-12-28-23-20(31(21)22)5-6-29(23)16-34-7-8-36(2,3)4;1-11-4-12(8-28(26,27)24-9-18(19,20)10-24)5-13(11)15-6-22-16-7-23-17-14(25(15)16)2-3-21-17/h5-6,11-12,17-19H,7-10,13-16H2,1-4H3;2-3,6-7,11-13,21H,4-5,8-10H2,1H3/t;11-,12+,13?/m.1/s1. The highest BCUT2D eigenvalue weighted by Crippen LogP contribution is 2.46. The summed E-state index contributed by atoms with van der Waals surface area (Å²) in [5.74, 6) is -5.24. The number of nitrogens with one attached hydrogen (secondary N) is 1. The van der Waals surface area contributed by atoms with E-state index in [-0.39, 0.29) is 47.0 Å². The second kappa shape index (κ2) is 16.4. The second-order valence-electron chi connectivity index (χ2n) is 20.0. The lowest BCUT2D eigenvalue weighted by molar-refractivity contribution is -0.0949. The van der Waals surface area contributed by atoms with Gasteiger partial charge in [-0.3, -0.25) is 8.80 Å². The van der Waals surface area contributed by atoms with Gasteiger partial charge in [0.1, 0.15) is 6.73 Å². The molecule has 348 valence electrons. The molecule has 1 N–H and O–H groups in total. The van der Waals surface area contributed by atoms with Gasteiger partial charge in [0.25, 0.3) is 11.8 Å². The molecule has 0 aromatic carbocycles. The summed E-state index contributed by atoms with van der Waals surface area (Å²) in [5, 5.41) is 0. The van der Waals surface area contributed by atoms with Crippen molar-refractivity contribution in [2.75, 3.05) is 44.3 Å². The normalized spacial score (nSPS) is 26.5. The van der Waals surface area contributed by atoms with E-state index in [0.717, 1.165) is 79.1 Å². The molecule has 10 rings (SSSR count). The van der Waals surface area contributed by atoms with E-state index in [4.69, 9.17) is 4.74 Å². The van der Waals surface area contributed by atoms with E-state index in [0.29, 0.717) is 19.6 Å². The Labute approximate surface area is 370 Å². The number of sulfonamides is 2. The van der Waals surface area contributed by atoms with Gasteiger partial charge in [-0.05, 0) is 67.5 Å². The minimum atomic E-state index is -3.68. The van der Waals surface area contributed by atoms with Gasteiger partial charge in [-0.1, -0.05) is 33.5 Å². The predicted octanol–water partition coefficient (Wildman–Crippen LogP) is 7.03. The van der Waals surface area contributed by atoms with Crippen molar-refractivity contribution in [2.24, 2.45) is 23.7 Å². The minimum Gasteiger partial charge on any atom is -0.361 e. The van der Waals surface area contributed by atoms with Gasteiger partial charge in [0, 0.05) is 62.7 Å². The number of hydrogen-bond acceptors (Lipinski definition) is 9. The van der Waals surface area contributed by atoms with Gasteiger partial charge in [-0.15, -0.1) is 0 Å². The van der Waals surface area contributed by atoms with E-state index in [9.17, 15) is 34.4 Å². The van der Waals surface area contributed by atoms with E-state index in [1.165, 1.54) is 0 Å². The van der Waals surface area contributed by atoms with E-state index in [2.05, 4.69) is 67.2 Å². The molecule has 2 saturated carbocycles. The number of imidazole rings is 2. The first-order chi connectivity index (χ1) is 30.1. The summed E-state index contributed by atoms with van der Waals surface area (Å²) in [4.78, 5) is 21.1. The molecule has 4 unspecified atom stereocenters. The number of alkyl halides is 4. The van der Waals surface area contributed by atoms with Gasteiger partial charge in [0.15, 0.2) is 22.6 Å². The highest BCUT2D eigenvalue weighted by atomic mass is 32.2. The number of aromatic nitrogens is 8. The largest absolute Gasteiger partial charge is 0.361 e. The third kappa shape index (κ3) is 8.98. The number of fused-ring (bicyclic) bond motifs is 6. The Morgan fingerprint density at radius 1 is 0.719 bits per heavy atom. The zero-order valence-corrected chi connectivity index (χ0v) is 39.3. The maximum Gasteiger partial charge on any atom is 0.275 e. The zero-order valence-electron chi connectivity index (χ0n) is 36.7. The molecular formula is C42H56F4N10O5S2Si. The monoisotopic (exact) mass is 948 g/mol. The molecular weight excluding hydrogens is 893 g/mol. The lowest BCUT2D eigenvalue weighted by Crippen LogP contribution is -2.59. The van der Waals surface area contributed by atoms with Crippen LogP contribution in [-0.2, 0) is 31.5 Å². The summed E-state index contributed by atoms with van der Waals surface area (Å²) in [7, 11) is -8.49. The van der Waals surface area contributed by atoms with E-state index >= 15 is 0 Å². The summed E-state index contributed by atoms with van der Waals surface area (Å²) < 4.78 is 117. The van der Waals surface area contributed by atoms with E-state index in [1.54, 1.807) is 12.4 Å². The van der Waals surface area contributed by atoms with Gasteiger partial charge in [-0.2, -0.15) is 8.61 Å². The van der Waals surface area contributed by atoms with Crippen LogP contribution in [0.15, 0.2) is 49.3 Å². The minimum absolute atomic E-state index is 0.0478. The third-order valence-electron chi connectivity index (χ3n) is 13.6. The van der Waals surface area contributed by atoms with Gasteiger partial charge in [-0.25, -0.2) is 54.3 Å². The van der Waals surface area contributed by atoms with Crippen LogP contribution in [0.4, 0.5) is 17.6 Å². The molecule has 2 saturated heterocycles. The molecule has 6 aromatic rings. The maximum absolute atomic E-state index is 13.2. The van der Waals surface area contributed by atoms with E-state index < -0.39 is 66.1 Å². The third-order valence-corrected chi connectivity index (χ3v) is 19.2. The van der Waals surface area contributed by atoms with Crippen molar-refractivity contribution >= 4 is 61.7 Å². The van der Waals surface area contributed by atoms with Gasteiger partial charge >= 0.3 is 0 Å². The van der Waals surface area contributed by atoms with Crippen molar-refractivity contribution < 1.29 is 39.1 Å². The molecule has 0 radical (unpaired) electrons. The number of hydrogen-bond donors (Lipinski definition) is 1. The highest BCUT2D eigenvalue weighted by molar-refractivity contribution is 7.89. The van der Waals surface area contributed by atoms with Crippen molar-refractivity contribution in [3.05, 3.63) is 60.7 Å². The molecule has 6 aromatic heterocycles. The second-order valence-corrected chi connectivity index (χ2v) is 29.6. The fourth-order valence-electron chi connectivity index (χ4n) is 10.3. The number of halogens is 4. The molecule has 2 aliphatic heterocycles. The van der Waals surface area contributed by atoms with Crippen molar-refractivity contribution in [1.29, 1.82) is 0 Å². The fourth-order valence-corrected chi connectivity index (χ4v) is 14.7. The summed E-state index contributed by atoms with van der Waals surface area (Å²) >= 11 is 0. The molecule has 0 amide bonds. The van der Waals surface area contributed by atoms with Crippen LogP contribution in [0.3, 0.4) is 0 Å². The molecule has 0 bridgehead atoms. The molecule has 0 spiro atoms. The average molecular weight is 949 g/mol. The topological polar surface area (TPSA) is 165 Å². The Balaban J connectivity index is 0.000000167. The molecule has 4 fully saturated rings. The Morgan fingerprint density at radius 2 is 1.23 bits per heavy atom. The van der Waals surface area contributed by atoms with Gasteiger partial charge in [0.05, 0.1) is 61.1 Å². The first-order valence-electron chi connectivity index (χ1n) is 22.0. The Hall–Kier alpha value is -3.96. The lowest BCUT2D eigenvalue weighted by Gasteiger charge is -2.38. The Kier molecular flexibility index (Phi) is 11.6. The van der Waals surface area contributed by atoms with Crippen molar-refractivity contribution in [2.45, 2.75) is 95.6 Å². The number of aromatic amines is 1. The first kappa shape index (κ1) is 45.2. The van der Waals surface area contributed by atoms with Crippen LogP contribution in [0.5, 0.6) is 0 Å². The maximum atomic E-state index is 13.2. The average Bonchev–Trinajstić information content (AvgIpc) is 4.04. The summed E-state index contributed by atoms with van der Waals surface area (Å²) in [6.45, 7) is 9.62. The van der Waals surface area contributed by atoms with Crippen LogP contribution in [0.2, 0.25) is 25.7 Å². The SMILES string of the molecule is CC1CC(CS(=O)(=O)N2CC(F)(F)C2)CC1c1cnc2cnc3c(ccn3COCC[Si](C)(C)C)n12.C[C@@H]1C[C@H](CS(=O)(=O)N2CC(F)(F)C2)CC1c1cnc2cnc3[nH]ccc3n12. The summed E-state index contributed by atoms with van der Waals surface area (Å²) in [6, 6.07) is 5.08. The molecule has 15 nitrogen and oxygen atoms in total. The van der Waals surface area contributed by atoms with Crippen molar-refractivity contribution in [3.8, 4) is 0 Å². The molecule has 22 heteroatoms. The van der Waals surface area contributed by atoms with Crippen LogP contribution in [-0.4, -0.2) is 128 Å². The zero-order chi connectivity index (χ0) is 45.6. The van der Waals surface area contributed by atoms with Crippen LogP contribution < -0.4 is 0 Å². The van der Waals surface area contributed by atoms with Crippen LogP contribution in [0.1, 0.15) is 62.8 Å². The molecule has 2 aliphatic carbocycles. The predicted molar refractivity (Wildman–Crippen MR) is 237 cm³/mol. The first-order valence-corrected chi connectivity index (χ1v) is 28.9. The summed E-state index contributed by atoms with van der Waals surface area (Å²) in [6.07, 6.45) is 13.9. The van der Waals surface area contributed by atoms with Crippen LogP contribution >= 0.6 is 0 Å².